The van der Waals surface area contributed by atoms with Crippen molar-refractivity contribution in [2.75, 3.05) is 18.5 Å². The number of aliphatic hydroxyl groups excluding tert-OH is 1. The molecule has 7 heteroatoms. The van der Waals surface area contributed by atoms with Crippen molar-refractivity contribution in [1.29, 1.82) is 0 Å². The second kappa shape index (κ2) is 7.74. The van der Waals surface area contributed by atoms with Crippen LogP contribution in [0.5, 0.6) is 0 Å². The minimum atomic E-state index is -2.78. The van der Waals surface area contributed by atoms with Gasteiger partial charge in [-0.15, -0.1) is 0 Å². The van der Waals surface area contributed by atoms with Gasteiger partial charge in [-0.25, -0.2) is 8.78 Å². The van der Waals surface area contributed by atoms with E-state index in [-0.39, 0.29) is 29.5 Å². The molecule has 0 spiro atoms. The van der Waals surface area contributed by atoms with Crippen molar-refractivity contribution in [3.05, 3.63) is 33.9 Å². The van der Waals surface area contributed by atoms with Gasteiger partial charge in [0, 0.05) is 36.5 Å². The molecule has 0 aliphatic heterocycles. The van der Waals surface area contributed by atoms with Gasteiger partial charge in [-0.1, -0.05) is 13.3 Å². The van der Waals surface area contributed by atoms with Crippen LogP contribution in [0.4, 0.5) is 20.2 Å². The molecule has 0 aliphatic carbocycles. The summed E-state index contributed by atoms with van der Waals surface area (Å²) in [5.41, 5.74) is -0.534. The van der Waals surface area contributed by atoms with Crippen LogP contribution in [-0.4, -0.2) is 23.2 Å². The average molecular weight is 288 g/mol. The molecule has 0 saturated heterocycles. The molecule has 0 amide bonds. The largest absolute Gasteiger partial charge is 0.396 e. The Bertz CT molecular complexity index is 455. The van der Waals surface area contributed by atoms with Crippen molar-refractivity contribution in [2.24, 2.45) is 5.92 Å². The van der Waals surface area contributed by atoms with Crippen LogP contribution in [0.15, 0.2) is 18.2 Å². The number of anilines is 1. The third kappa shape index (κ3) is 4.41. The Labute approximate surface area is 115 Å². The topological polar surface area (TPSA) is 75.4 Å². The molecule has 0 fully saturated rings. The van der Waals surface area contributed by atoms with Crippen molar-refractivity contribution in [1.82, 2.24) is 0 Å². The Morgan fingerprint density at radius 1 is 1.45 bits per heavy atom. The van der Waals surface area contributed by atoms with Crippen LogP contribution in [0.2, 0.25) is 0 Å². The third-order valence-electron chi connectivity index (χ3n) is 3.18. The summed E-state index contributed by atoms with van der Waals surface area (Å²) < 4.78 is 25.8. The first kappa shape index (κ1) is 16.3. The van der Waals surface area contributed by atoms with Gasteiger partial charge < -0.3 is 10.4 Å². The van der Waals surface area contributed by atoms with Crippen molar-refractivity contribution < 1.29 is 18.8 Å². The number of benzene rings is 1. The van der Waals surface area contributed by atoms with Crippen molar-refractivity contribution in [3.63, 3.8) is 0 Å². The van der Waals surface area contributed by atoms with Gasteiger partial charge in [-0.05, 0) is 18.4 Å². The molecule has 0 aliphatic rings. The van der Waals surface area contributed by atoms with Crippen molar-refractivity contribution >= 4 is 11.4 Å². The zero-order chi connectivity index (χ0) is 15.1. The lowest BCUT2D eigenvalue weighted by molar-refractivity contribution is -0.385. The second-order valence-electron chi connectivity index (χ2n) is 4.50. The summed E-state index contributed by atoms with van der Waals surface area (Å²) in [7, 11) is 0. The summed E-state index contributed by atoms with van der Waals surface area (Å²) in [5.74, 6) is 0.167. The molecule has 0 aromatic heterocycles. The Hall–Kier alpha value is -1.76. The Morgan fingerprint density at radius 3 is 2.65 bits per heavy atom. The zero-order valence-electron chi connectivity index (χ0n) is 11.2. The van der Waals surface area contributed by atoms with Crippen molar-refractivity contribution in [2.45, 2.75) is 26.2 Å². The van der Waals surface area contributed by atoms with Crippen LogP contribution in [0, 0.1) is 16.0 Å². The van der Waals surface area contributed by atoms with Gasteiger partial charge in [0.15, 0.2) is 0 Å². The van der Waals surface area contributed by atoms with E-state index in [4.69, 9.17) is 5.11 Å². The van der Waals surface area contributed by atoms with Crippen LogP contribution in [0.1, 0.15) is 31.8 Å². The third-order valence-corrected chi connectivity index (χ3v) is 3.18. The smallest absolute Gasteiger partial charge is 0.270 e. The van der Waals surface area contributed by atoms with E-state index in [9.17, 15) is 18.9 Å². The highest BCUT2D eigenvalue weighted by molar-refractivity contribution is 5.56. The number of rotatable bonds is 8. The van der Waals surface area contributed by atoms with Crippen LogP contribution in [0.25, 0.3) is 0 Å². The Balaban J connectivity index is 2.86. The maximum absolute atomic E-state index is 12.9. The van der Waals surface area contributed by atoms with Gasteiger partial charge in [-0.3, -0.25) is 10.1 Å². The maximum Gasteiger partial charge on any atom is 0.270 e. The van der Waals surface area contributed by atoms with Crippen LogP contribution in [-0.2, 0) is 0 Å². The average Bonchev–Trinajstić information content (AvgIpc) is 2.42. The fraction of sp³-hybridized carbons (Fsp3) is 0.538. The molecule has 1 unspecified atom stereocenters. The summed E-state index contributed by atoms with van der Waals surface area (Å²) in [6, 6.07) is 3.38. The molecular formula is C13H18F2N2O3. The molecule has 2 N–H and O–H groups in total. The van der Waals surface area contributed by atoms with Crippen LogP contribution >= 0.6 is 0 Å². The molecule has 5 nitrogen and oxygen atoms in total. The number of nitrogens with one attached hydrogen (secondary N) is 1. The fourth-order valence-corrected chi connectivity index (χ4v) is 1.89. The Morgan fingerprint density at radius 2 is 2.15 bits per heavy atom. The summed E-state index contributed by atoms with van der Waals surface area (Å²) in [4.78, 5) is 9.90. The monoisotopic (exact) mass is 288 g/mol. The standard InChI is InChI=1S/C13H18F2N2O3/c1-2-9(5-6-18)8-16-12-4-3-10(17(19)20)7-11(12)13(14)15/h3-4,7,9,13,16,18H,2,5-6,8H2,1H3. The van der Waals surface area contributed by atoms with Gasteiger partial charge in [0.25, 0.3) is 12.1 Å². The highest BCUT2D eigenvalue weighted by atomic mass is 19.3. The zero-order valence-corrected chi connectivity index (χ0v) is 11.2. The number of nitrogens with zero attached hydrogens (tertiary/aromatic N) is 1. The highest BCUT2D eigenvalue weighted by Gasteiger charge is 2.18. The number of alkyl halides is 2. The summed E-state index contributed by atoms with van der Waals surface area (Å²) >= 11 is 0. The van der Waals surface area contributed by atoms with E-state index in [1.807, 2.05) is 6.92 Å². The van der Waals surface area contributed by atoms with E-state index in [1.165, 1.54) is 12.1 Å². The number of nitro benzene ring substituents is 1. The lowest BCUT2D eigenvalue weighted by Crippen LogP contribution is -2.16. The molecule has 0 heterocycles. The second-order valence-corrected chi connectivity index (χ2v) is 4.50. The molecular weight excluding hydrogens is 270 g/mol. The molecule has 0 saturated carbocycles. The van der Waals surface area contributed by atoms with E-state index < -0.39 is 11.3 Å². The minimum absolute atomic E-state index is 0.0438. The van der Waals surface area contributed by atoms with Crippen molar-refractivity contribution in [3.8, 4) is 0 Å². The number of halogens is 2. The molecule has 0 radical (unpaired) electrons. The quantitative estimate of drug-likeness (QED) is 0.568. The number of non-ortho nitro benzene ring substituents is 1. The molecule has 1 atom stereocenters. The van der Waals surface area contributed by atoms with Gasteiger partial charge in [-0.2, -0.15) is 0 Å². The highest BCUT2D eigenvalue weighted by Crippen LogP contribution is 2.31. The number of nitro groups is 1. The molecule has 1 rings (SSSR count). The lowest BCUT2D eigenvalue weighted by atomic mass is 10.0. The van der Waals surface area contributed by atoms with Gasteiger partial charge in [0.05, 0.1) is 4.92 Å². The van der Waals surface area contributed by atoms with Gasteiger partial charge in [0.2, 0.25) is 0 Å². The van der Waals surface area contributed by atoms with E-state index >= 15 is 0 Å². The van der Waals surface area contributed by atoms with E-state index in [2.05, 4.69) is 5.32 Å². The lowest BCUT2D eigenvalue weighted by Gasteiger charge is -2.17. The summed E-state index contributed by atoms with van der Waals surface area (Å²) in [6.07, 6.45) is -1.39. The first-order valence-electron chi connectivity index (χ1n) is 6.40. The number of aliphatic hydroxyl groups is 1. The molecule has 0 bridgehead atoms. The molecule has 1 aromatic rings. The SMILES string of the molecule is CCC(CCO)CNc1ccc([N+](=O)[O-])cc1C(F)F. The predicted octanol–water partition coefficient (Wildman–Crippen LogP) is 3.35. The normalized spacial score (nSPS) is 12.4. The van der Waals surface area contributed by atoms with Crippen LogP contribution in [0.3, 0.4) is 0 Å². The molecule has 1 aromatic carbocycles. The molecule has 20 heavy (non-hydrogen) atoms. The number of hydrogen-bond donors (Lipinski definition) is 2. The maximum atomic E-state index is 12.9. The number of hydrogen-bond acceptors (Lipinski definition) is 4. The Kier molecular flexibility index (Phi) is 6.30. The summed E-state index contributed by atoms with van der Waals surface area (Å²) in [6.45, 7) is 2.43. The fourth-order valence-electron chi connectivity index (χ4n) is 1.89. The van der Waals surface area contributed by atoms with E-state index in [0.717, 1.165) is 12.5 Å². The predicted molar refractivity (Wildman–Crippen MR) is 72.0 cm³/mol. The summed E-state index contributed by atoms with van der Waals surface area (Å²) in [5, 5.41) is 22.4. The van der Waals surface area contributed by atoms with E-state index in [1.54, 1.807) is 0 Å². The van der Waals surface area contributed by atoms with Gasteiger partial charge in [0.1, 0.15) is 0 Å². The van der Waals surface area contributed by atoms with Crippen LogP contribution < -0.4 is 5.32 Å². The minimum Gasteiger partial charge on any atom is -0.396 e. The van der Waals surface area contributed by atoms with Gasteiger partial charge >= 0.3 is 0 Å². The first-order valence-corrected chi connectivity index (χ1v) is 6.40. The first-order chi connectivity index (χ1) is 9.49. The van der Waals surface area contributed by atoms with E-state index in [0.29, 0.717) is 13.0 Å². The molecule has 112 valence electrons.